The molecule has 0 radical (unpaired) electrons. The van der Waals surface area contributed by atoms with Crippen molar-refractivity contribution < 1.29 is 0 Å². The van der Waals surface area contributed by atoms with E-state index < -0.39 is 0 Å². The number of anilines is 1. The first kappa shape index (κ1) is 22.2. The quantitative estimate of drug-likeness (QED) is 0.575. The Morgan fingerprint density at radius 1 is 0.467 bits per heavy atom. The lowest BCUT2D eigenvalue weighted by Crippen LogP contribution is -2.57. The maximum absolute atomic E-state index is 2.34. The van der Waals surface area contributed by atoms with Crippen LogP contribution in [-0.4, -0.2) is 20.8 Å². The Morgan fingerprint density at radius 3 is 1.00 bits per heavy atom. The van der Waals surface area contributed by atoms with E-state index in [0.717, 1.165) is 0 Å². The van der Waals surface area contributed by atoms with Gasteiger partial charge in [0.05, 0.1) is 0 Å². The molecule has 156 valence electrons. The molecule has 0 saturated carbocycles. The predicted octanol–water partition coefficient (Wildman–Crippen LogP) is 4.74. The monoisotopic (exact) mass is 397 g/mol. The van der Waals surface area contributed by atoms with E-state index >= 15 is 0 Å². The molecule has 0 aliphatic carbocycles. The van der Waals surface area contributed by atoms with Crippen molar-refractivity contribution in [2.75, 3.05) is 19.0 Å². The molecule has 0 amide bonds. The summed E-state index contributed by atoms with van der Waals surface area (Å²) in [6, 6.07) is 14.0. The van der Waals surface area contributed by atoms with Crippen LogP contribution in [0, 0.1) is 55.4 Å². The van der Waals surface area contributed by atoms with E-state index in [4.69, 9.17) is 0 Å². The van der Waals surface area contributed by atoms with Gasteiger partial charge in [0.15, 0.2) is 0 Å². The third-order valence-corrected chi connectivity index (χ3v) is 6.44. The van der Waals surface area contributed by atoms with Gasteiger partial charge in [-0.3, -0.25) is 0 Å². The third-order valence-electron chi connectivity index (χ3n) is 6.44. The van der Waals surface area contributed by atoms with Crippen molar-refractivity contribution in [3.05, 3.63) is 80.9 Å². The first-order chi connectivity index (χ1) is 14.0. The van der Waals surface area contributed by atoms with E-state index in [0.29, 0.717) is 0 Å². The van der Waals surface area contributed by atoms with E-state index in [2.05, 4.69) is 111 Å². The highest BCUT2D eigenvalue weighted by atomic mass is 15.1. The second-order valence-corrected chi connectivity index (χ2v) is 9.45. The minimum Gasteiger partial charge on any atom is -0.378 e. The fraction of sp³-hybridized carbons (Fsp3) is 0.357. The molecule has 0 heterocycles. The van der Waals surface area contributed by atoms with Gasteiger partial charge in [-0.1, -0.05) is 85.2 Å². The Hall–Kier alpha value is -2.48. The average Bonchev–Trinajstić information content (AvgIpc) is 2.58. The minimum absolute atomic E-state index is 0.238. The van der Waals surface area contributed by atoms with Gasteiger partial charge in [0.1, 0.15) is 0 Å². The fourth-order valence-electron chi connectivity index (χ4n) is 5.39. The van der Waals surface area contributed by atoms with Gasteiger partial charge < -0.3 is 4.90 Å². The van der Waals surface area contributed by atoms with Crippen molar-refractivity contribution in [1.29, 1.82) is 0 Å². The zero-order valence-corrected chi connectivity index (χ0v) is 20.5. The number of rotatable bonds is 4. The van der Waals surface area contributed by atoms with E-state index in [1.165, 1.54) is 66.6 Å². The van der Waals surface area contributed by atoms with Crippen LogP contribution in [0.3, 0.4) is 0 Å². The Kier molecular flexibility index (Phi) is 6.17. The second kappa shape index (κ2) is 8.34. The van der Waals surface area contributed by atoms with Gasteiger partial charge >= 0.3 is 0 Å². The number of hydrogen-bond acceptors (Lipinski definition) is 1. The fourth-order valence-corrected chi connectivity index (χ4v) is 5.39. The largest absolute Gasteiger partial charge is 0.378 e. The Bertz CT molecular complexity index is 981. The highest BCUT2D eigenvalue weighted by molar-refractivity contribution is 6.97. The Morgan fingerprint density at radius 2 is 0.733 bits per heavy atom. The zero-order chi connectivity index (χ0) is 22.3. The molecule has 0 spiro atoms. The van der Waals surface area contributed by atoms with Crippen LogP contribution in [-0.2, 0) is 0 Å². The summed E-state index contributed by atoms with van der Waals surface area (Å²) in [5.74, 6) is 0. The predicted molar refractivity (Wildman–Crippen MR) is 136 cm³/mol. The summed E-state index contributed by atoms with van der Waals surface area (Å²) >= 11 is 0. The Balaban J connectivity index is 2.42. The highest BCUT2D eigenvalue weighted by Gasteiger charge is 2.31. The molecule has 0 unspecified atom stereocenters. The van der Waals surface area contributed by atoms with Crippen molar-refractivity contribution in [2.45, 2.75) is 55.4 Å². The van der Waals surface area contributed by atoms with Crippen LogP contribution >= 0.6 is 0 Å². The lowest BCUT2D eigenvalue weighted by atomic mass is 9.33. The number of aryl methyl sites for hydroxylation is 8. The van der Waals surface area contributed by atoms with Crippen LogP contribution in [0.25, 0.3) is 0 Å². The van der Waals surface area contributed by atoms with Crippen LogP contribution in [0.15, 0.2) is 36.4 Å². The van der Waals surface area contributed by atoms with Crippen molar-refractivity contribution in [3.8, 4) is 0 Å². The summed E-state index contributed by atoms with van der Waals surface area (Å²) < 4.78 is 0. The molecule has 0 saturated heterocycles. The summed E-state index contributed by atoms with van der Waals surface area (Å²) in [6.45, 7) is 18.3. The molecule has 0 bridgehead atoms. The first-order valence-corrected chi connectivity index (χ1v) is 10.9. The number of hydrogen-bond donors (Lipinski definition) is 0. The molecule has 0 fully saturated rings. The van der Waals surface area contributed by atoms with Crippen molar-refractivity contribution >= 4 is 28.8 Å². The molecule has 3 aromatic rings. The van der Waals surface area contributed by atoms with Gasteiger partial charge in [0.25, 0.3) is 0 Å². The minimum atomic E-state index is 0.238. The Labute approximate surface area is 184 Å². The van der Waals surface area contributed by atoms with Crippen LogP contribution in [0.2, 0.25) is 0 Å². The summed E-state index contributed by atoms with van der Waals surface area (Å²) in [4.78, 5) is 2.20. The molecule has 0 N–H and O–H groups in total. The van der Waals surface area contributed by atoms with E-state index in [1.54, 1.807) is 0 Å². The molecule has 3 aromatic carbocycles. The molecule has 0 aliphatic rings. The van der Waals surface area contributed by atoms with Gasteiger partial charge in [-0.05, 0) is 67.5 Å². The first-order valence-electron chi connectivity index (χ1n) is 10.9. The molecule has 3 rings (SSSR count). The average molecular weight is 397 g/mol. The molecular formula is C28H36BN. The smallest absolute Gasteiger partial charge is 0.243 e. The maximum atomic E-state index is 2.34. The second-order valence-electron chi connectivity index (χ2n) is 9.45. The third kappa shape index (κ3) is 4.06. The lowest BCUT2D eigenvalue weighted by Gasteiger charge is -2.28. The van der Waals surface area contributed by atoms with Gasteiger partial charge in [0, 0.05) is 19.8 Å². The highest BCUT2D eigenvalue weighted by Crippen LogP contribution is 2.19. The molecule has 30 heavy (non-hydrogen) atoms. The lowest BCUT2D eigenvalue weighted by molar-refractivity contribution is 1.12. The van der Waals surface area contributed by atoms with E-state index in [-0.39, 0.29) is 6.71 Å². The van der Waals surface area contributed by atoms with Gasteiger partial charge in [-0.2, -0.15) is 0 Å². The normalized spacial score (nSPS) is 11.0. The topological polar surface area (TPSA) is 3.24 Å². The standard InChI is InChI=1S/C28H36BN/c1-17-11-19(3)26(20(4)12-17)29(27-21(5)13-18(2)14-22(27)6)28-23(7)15-25(30(9)10)16-24(28)8/h11-16H,1-10H3. The number of nitrogens with zero attached hydrogens (tertiary/aromatic N) is 1. The van der Waals surface area contributed by atoms with Gasteiger partial charge in [-0.25, -0.2) is 0 Å². The molecular weight excluding hydrogens is 361 g/mol. The summed E-state index contributed by atoms with van der Waals surface area (Å²) in [7, 11) is 4.24. The van der Waals surface area contributed by atoms with Crippen LogP contribution in [0.1, 0.15) is 44.5 Å². The van der Waals surface area contributed by atoms with Crippen LogP contribution in [0.5, 0.6) is 0 Å². The SMILES string of the molecule is Cc1cc(C)c(B(c2c(C)cc(C)cc2C)c2c(C)cc(N(C)C)cc2C)c(C)c1. The van der Waals surface area contributed by atoms with Crippen LogP contribution in [0.4, 0.5) is 5.69 Å². The summed E-state index contributed by atoms with van der Waals surface area (Å²) in [5.41, 5.74) is 16.6. The van der Waals surface area contributed by atoms with Crippen LogP contribution < -0.4 is 21.3 Å². The van der Waals surface area contributed by atoms with Crippen molar-refractivity contribution in [3.63, 3.8) is 0 Å². The van der Waals surface area contributed by atoms with Crippen molar-refractivity contribution in [2.24, 2.45) is 0 Å². The molecule has 0 aromatic heterocycles. The van der Waals surface area contributed by atoms with Gasteiger partial charge in [0.2, 0.25) is 6.71 Å². The number of benzene rings is 3. The van der Waals surface area contributed by atoms with E-state index in [1.807, 2.05) is 0 Å². The molecule has 0 aliphatic heterocycles. The molecule has 0 atom stereocenters. The van der Waals surface area contributed by atoms with Crippen molar-refractivity contribution in [1.82, 2.24) is 0 Å². The summed E-state index contributed by atoms with van der Waals surface area (Å²) in [5, 5.41) is 0. The van der Waals surface area contributed by atoms with E-state index in [9.17, 15) is 0 Å². The molecule has 2 heteroatoms. The molecule has 1 nitrogen and oxygen atoms in total. The van der Waals surface area contributed by atoms with Gasteiger partial charge in [-0.15, -0.1) is 0 Å². The summed E-state index contributed by atoms with van der Waals surface area (Å²) in [6.07, 6.45) is 0. The zero-order valence-electron chi connectivity index (χ0n) is 20.5. The maximum Gasteiger partial charge on any atom is 0.243 e.